The van der Waals surface area contributed by atoms with Crippen LogP contribution in [0.5, 0.6) is 0 Å². The minimum absolute atomic E-state index is 0.156. The van der Waals surface area contributed by atoms with E-state index in [-0.39, 0.29) is 11.4 Å². The predicted molar refractivity (Wildman–Crippen MR) is 62.5 cm³/mol. The third-order valence-corrected chi connectivity index (χ3v) is 1.93. The first kappa shape index (κ1) is 13.4. The van der Waals surface area contributed by atoms with Gasteiger partial charge in [-0.15, -0.1) is 0 Å². The molecule has 0 bridgehead atoms. The molecule has 0 aliphatic rings. The summed E-state index contributed by atoms with van der Waals surface area (Å²) in [5, 5.41) is 21.5. The van der Waals surface area contributed by atoms with Gasteiger partial charge < -0.3 is 10.4 Å². The summed E-state index contributed by atoms with van der Waals surface area (Å²) in [7, 11) is 0. The Bertz CT molecular complexity index is 536. The maximum Gasteiger partial charge on any atom is 0.352 e. The molecular formula is C11H10N2O5. The number of nitrogens with one attached hydrogen (secondary N) is 1. The average Bonchev–Trinajstić information content (AvgIpc) is 2.27. The molecule has 2 N–H and O–H groups in total. The zero-order valence-electron chi connectivity index (χ0n) is 9.41. The smallest absolute Gasteiger partial charge is 0.352 e. The van der Waals surface area contributed by atoms with Crippen LogP contribution < -0.4 is 5.32 Å². The number of nitro groups is 1. The van der Waals surface area contributed by atoms with Crippen molar-refractivity contribution in [3.8, 4) is 0 Å². The lowest BCUT2D eigenvalue weighted by molar-refractivity contribution is -0.384. The van der Waals surface area contributed by atoms with Crippen LogP contribution in [-0.4, -0.2) is 21.9 Å². The first-order chi connectivity index (χ1) is 8.40. The summed E-state index contributed by atoms with van der Waals surface area (Å²) in [6, 6.07) is 5.43. The molecule has 18 heavy (non-hydrogen) atoms. The number of nitrogens with zero attached hydrogens (tertiary/aromatic N) is 1. The zero-order valence-corrected chi connectivity index (χ0v) is 9.41. The molecular weight excluding hydrogens is 240 g/mol. The molecule has 94 valence electrons. The van der Waals surface area contributed by atoms with Crippen molar-refractivity contribution in [2.24, 2.45) is 0 Å². The molecule has 0 atom stereocenters. The Morgan fingerprint density at radius 3 is 2.61 bits per heavy atom. The van der Waals surface area contributed by atoms with E-state index in [1.54, 1.807) is 0 Å². The molecule has 0 saturated heterocycles. The number of carboxylic acids is 1. The molecule has 0 saturated carbocycles. The highest BCUT2D eigenvalue weighted by Crippen LogP contribution is 2.15. The number of carbonyl (C=O) groups is 2. The Hall–Kier alpha value is -2.70. The number of aliphatic carboxylic acids is 1. The van der Waals surface area contributed by atoms with Crippen LogP contribution in [0.4, 0.5) is 5.69 Å². The van der Waals surface area contributed by atoms with Crippen LogP contribution in [0.3, 0.4) is 0 Å². The highest BCUT2D eigenvalue weighted by molar-refractivity contribution is 5.96. The van der Waals surface area contributed by atoms with Crippen molar-refractivity contribution >= 4 is 23.6 Å². The fourth-order valence-corrected chi connectivity index (χ4v) is 1.24. The van der Waals surface area contributed by atoms with Gasteiger partial charge in [-0.2, -0.15) is 0 Å². The molecule has 0 aliphatic carbocycles. The number of nitro benzene ring substituents is 1. The molecule has 1 amide bonds. The molecule has 0 aromatic heterocycles. The van der Waals surface area contributed by atoms with Crippen LogP contribution in [0.15, 0.2) is 30.0 Å². The number of benzene rings is 1. The molecule has 7 nitrogen and oxygen atoms in total. The number of hydrogen-bond donors (Lipinski definition) is 2. The van der Waals surface area contributed by atoms with Gasteiger partial charge in [-0.3, -0.25) is 14.9 Å². The van der Waals surface area contributed by atoms with E-state index in [9.17, 15) is 19.7 Å². The Balaban J connectivity index is 3.11. The normalized spacial score (nSPS) is 10.8. The van der Waals surface area contributed by atoms with Crippen molar-refractivity contribution in [1.82, 2.24) is 5.32 Å². The van der Waals surface area contributed by atoms with Crippen molar-refractivity contribution in [2.45, 2.75) is 6.92 Å². The third kappa shape index (κ3) is 3.71. The Morgan fingerprint density at radius 2 is 2.11 bits per heavy atom. The van der Waals surface area contributed by atoms with Crippen LogP contribution >= 0.6 is 0 Å². The van der Waals surface area contributed by atoms with Crippen LogP contribution in [0, 0.1) is 10.1 Å². The maximum absolute atomic E-state index is 10.8. The summed E-state index contributed by atoms with van der Waals surface area (Å²) in [5.74, 6) is -1.86. The molecule has 1 aromatic rings. The molecule has 0 spiro atoms. The summed E-state index contributed by atoms with van der Waals surface area (Å²) in [5.41, 5.74) is -0.185. The number of carboxylic acid groups (broad SMARTS) is 1. The van der Waals surface area contributed by atoms with Gasteiger partial charge in [0.2, 0.25) is 5.91 Å². The minimum atomic E-state index is -1.32. The molecule has 0 heterocycles. The lowest BCUT2D eigenvalue weighted by Gasteiger charge is -2.02. The lowest BCUT2D eigenvalue weighted by atomic mass is 10.1. The second kappa shape index (κ2) is 5.58. The zero-order chi connectivity index (χ0) is 13.7. The number of carbonyl (C=O) groups excluding carboxylic acids is 1. The standard InChI is InChI=1S/C11H10N2O5/c1-7(14)12-10(11(15)16)6-8-3-2-4-9(5-8)13(17)18/h2-6H,1H3,(H,12,14)(H,15,16)/b10-6+. The van der Waals surface area contributed by atoms with Gasteiger partial charge in [-0.1, -0.05) is 12.1 Å². The first-order valence-electron chi connectivity index (χ1n) is 4.87. The van der Waals surface area contributed by atoms with Gasteiger partial charge in [0, 0.05) is 19.1 Å². The van der Waals surface area contributed by atoms with Crippen LogP contribution in [0.2, 0.25) is 0 Å². The van der Waals surface area contributed by atoms with Crippen molar-refractivity contribution in [1.29, 1.82) is 0 Å². The van der Waals surface area contributed by atoms with Gasteiger partial charge in [0.05, 0.1) is 4.92 Å². The summed E-state index contributed by atoms with van der Waals surface area (Å²) < 4.78 is 0. The highest BCUT2D eigenvalue weighted by atomic mass is 16.6. The molecule has 1 aromatic carbocycles. The fraction of sp³-hybridized carbons (Fsp3) is 0.0909. The quantitative estimate of drug-likeness (QED) is 0.473. The number of non-ortho nitro benzene ring substituents is 1. The molecule has 1 rings (SSSR count). The number of rotatable bonds is 4. The Morgan fingerprint density at radius 1 is 1.44 bits per heavy atom. The first-order valence-corrected chi connectivity index (χ1v) is 4.87. The predicted octanol–water partition coefficient (Wildman–Crippen LogP) is 1.16. The molecule has 0 aliphatic heterocycles. The van der Waals surface area contributed by atoms with Crippen LogP contribution in [0.1, 0.15) is 12.5 Å². The highest BCUT2D eigenvalue weighted by Gasteiger charge is 2.10. The maximum atomic E-state index is 10.8. The summed E-state index contributed by atoms with van der Waals surface area (Å²) >= 11 is 0. The second-order valence-electron chi connectivity index (χ2n) is 3.40. The summed E-state index contributed by atoms with van der Waals surface area (Å²) in [6.45, 7) is 1.17. The third-order valence-electron chi connectivity index (χ3n) is 1.93. The van der Waals surface area contributed by atoms with Gasteiger partial charge in [0.15, 0.2) is 0 Å². The van der Waals surface area contributed by atoms with E-state index in [0.29, 0.717) is 5.56 Å². The van der Waals surface area contributed by atoms with Crippen LogP contribution in [-0.2, 0) is 9.59 Å². The number of hydrogen-bond acceptors (Lipinski definition) is 4. The van der Waals surface area contributed by atoms with Gasteiger partial charge in [0.25, 0.3) is 5.69 Å². The van der Waals surface area contributed by atoms with E-state index in [0.717, 1.165) is 6.08 Å². The summed E-state index contributed by atoms with van der Waals surface area (Å²) in [4.78, 5) is 31.6. The molecule has 0 unspecified atom stereocenters. The largest absolute Gasteiger partial charge is 0.477 e. The van der Waals surface area contributed by atoms with E-state index >= 15 is 0 Å². The summed E-state index contributed by atoms with van der Waals surface area (Å²) in [6.07, 6.45) is 1.15. The topological polar surface area (TPSA) is 110 Å². The Labute approximate surface area is 102 Å². The van der Waals surface area contributed by atoms with E-state index < -0.39 is 16.8 Å². The van der Waals surface area contributed by atoms with E-state index in [1.807, 2.05) is 0 Å². The molecule has 0 radical (unpaired) electrons. The van der Waals surface area contributed by atoms with E-state index in [1.165, 1.54) is 31.2 Å². The van der Waals surface area contributed by atoms with Crippen molar-refractivity contribution in [2.75, 3.05) is 0 Å². The van der Waals surface area contributed by atoms with E-state index in [4.69, 9.17) is 5.11 Å². The van der Waals surface area contributed by atoms with Gasteiger partial charge >= 0.3 is 5.97 Å². The average molecular weight is 250 g/mol. The van der Waals surface area contributed by atoms with E-state index in [2.05, 4.69) is 5.32 Å². The lowest BCUT2D eigenvalue weighted by Crippen LogP contribution is -2.24. The fourth-order valence-electron chi connectivity index (χ4n) is 1.24. The van der Waals surface area contributed by atoms with Gasteiger partial charge in [-0.05, 0) is 11.6 Å². The van der Waals surface area contributed by atoms with Gasteiger partial charge in [-0.25, -0.2) is 4.79 Å². The van der Waals surface area contributed by atoms with Crippen molar-refractivity contribution in [3.63, 3.8) is 0 Å². The molecule has 7 heteroatoms. The van der Waals surface area contributed by atoms with Gasteiger partial charge in [0.1, 0.15) is 5.70 Å². The Kier molecular flexibility index (Phi) is 4.14. The molecule has 0 fully saturated rings. The van der Waals surface area contributed by atoms with Crippen molar-refractivity contribution < 1.29 is 19.6 Å². The minimum Gasteiger partial charge on any atom is -0.477 e. The van der Waals surface area contributed by atoms with Crippen molar-refractivity contribution in [3.05, 3.63) is 45.6 Å². The second-order valence-corrected chi connectivity index (χ2v) is 3.40. The van der Waals surface area contributed by atoms with Crippen LogP contribution in [0.25, 0.3) is 6.08 Å². The SMILES string of the molecule is CC(=O)N/C(=C/c1cccc([N+](=O)[O-])c1)C(=O)O. The monoisotopic (exact) mass is 250 g/mol. The number of amides is 1.